The smallest absolute Gasteiger partial charge is 0.414 e. The molecule has 7 nitrogen and oxygen atoms in total. The molecule has 0 unspecified atom stereocenters. The number of aliphatic carboxylic acids is 2. The molecule has 1 atom stereocenters. The van der Waals surface area contributed by atoms with E-state index in [9.17, 15) is 8.78 Å². The summed E-state index contributed by atoms with van der Waals surface area (Å²) in [5.41, 5.74) is 0.659. The van der Waals surface area contributed by atoms with Gasteiger partial charge >= 0.3 is 11.9 Å². The van der Waals surface area contributed by atoms with E-state index in [1.54, 1.807) is 6.07 Å². The molecule has 24 heavy (non-hydrogen) atoms. The number of hydrogen-bond donors (Lipinski definition) is 3. The van der Waals surface area contributed by atoms with Crippen LogP contribution in [0.2, 0.25) is 0 Å². The molecule has 9 heteroatoms. The van der Waals surface area contributed by atoms with Gasteiger partial charge in [0.2, 0.25) is 0 Å². The second kappa shape index (κ2) is 7.26. The Bertz CT molecular complexity index is 750. The lowest BCUT2D eigenvalue weighted by Crippen LogP contribution is -2.49. The van der Waals surface area contributed by atoms with Crippen molar-refractivity contribution in [2.45, 2.75) is 13.0 Å². The number of carboxylic acid groups (broad SMARTS) is 2. The Labute approximate surface area is 135 Å². The minimum Gasteiger partial charge on any atom is -0.473 e. The first-order valence-electron chi connectivity index (χ1n) is 7.11. The summed E-state index contributed by atoms with van der Waals surface area (Å²) in [6.45, 7) is 4.04. The number of hydrogen-bond acceptors (Lipinski definition) is 5. The molecule has 0 saturated carbocycles. The van der Waals surface area contributed by atoms with E-state index in [2.05, 4.69) is 5.32 Å². The molecular formula is C15H16F2N2O5. The number of carboxylic acids is 2. The maximum Gasteiger partial charge on any atom is 0.414 e. The summed E-state index contributed by atoms with van der Waals surface area (Å²) in [4.78, 5) is 20.0. The van der Waals surface area contributed by atoms with Crippen molar-refractivity contribution in [2.75, 3.05) is 24.5 Å². The number of anilines is 1. The lowest BCUT2D eigenvalue weighted by Gasteiger charge is -2.33. The Hall–Kier alpha value is -2.68. The normalized spacial score (nSPS) is 17.3. The van der Waals surface area contributed by atoms with Gasteiger partial charge in [-0.05, 0) is 19.1 Å². The Morgan fingerprint density at radius 2 is 2.00 bits per heavy atom. The highest BCUT2D eigenvalue weighted by Gasteiger charge is 2.24. The van der Waals surface area contributed by atoms with Crippen LogP contribution in [0.1, 0.15) is 6.92 Å². The van der Waals surface area contributed by atoms with Crippen LogP contribution in [0.5, 0.6) is 0 Å². The maximum atomic E-state index is 14.0. The number of nitrogens with zero attached hydrogens (tertiary/aromatic N) is 1. The number of rotatable bonds is 1. The van der Waals surface area contributed by atoms with E-state index in [0.29, 0.717) is 24.1 Å². The largest absolute Gasteiger partial charge is 0.473 e. The van der Waals surface area contributed by atoms with Gasteiger partial charge in [0.15, 0.2) is 17.2 Å². The average Bonchev–Trinajstić information content (AvgIpc) is 2.96. The monoisotopic (exact) mass is 342 g/mol. The van der Waals surface area contributed by atoms with Gasteiger partial charge in [-0.1, -0.05) is 0 Å². The first kappa shape index (κ1) is 17.7. The molecule has 3 rings (SSSR count). The van der Waals surface area contributed by atoms with Crippen LogP contribution < -0.4 is 10.2 Å². The summed E-state index contributed by atoms with van der Waals surface area (Å²) < 4.78 is 32.9. The average molecular weight is 342 g/mol. The number of benzene rings is 1. The molecule has 0 spiro atoms. The van der Waals surface area contributed by atoms with Crippen LogP contribution in [0, 0.1) is 11.6 Å². The van der Waals surface area contributed by atoms with Gasteiger partial charge in [0.1, 0.15) is 5.69 Å². The third-order valence-corrected chi connectivity index (χ3v) is 3.48. The van der Waals surface area contributed by atoms with Gasteiger partial charge in [-0.25, -0.2) is 18.4 Å². The Morgan fingerprint density at radius 3 is 2.58 bits per heavy atom. The van der Waals surface area contributed by atoms with Crippen molar-refractivity contribution >= 4 is 28.6 Å². The third kappa shape index (κ3) is 3.80. The molecule has 0 bridgehead atoms. The molecule has 1 aromatic carbocycles. The van der Waals surface area contributed by atoms with Crippen LogP contribution in [0.3, 0.4) is 0 Å². The molecule has 1 saturated heterocycles. The molecule has 1 fully saturated rings. The van der Waals surface area contributed by atoms with E-state index in [0.717, 1.165) is 6.54 Å². The summed E-state index contributed by atoms with van der Waals surface area (Å²) in [7, 11) is 0. The van der Waals surface area contributed by atoms with Crippen LogP contribution in [0.4, 0.5) is 14.5 Å². The van der Waals surface area contributed by atoms with Gasteiger partial charge < -0.3 is 24.8 Å². The summed E-state index contributed by atoms with van der Waals surface area (Å²) >= 11 is 0. The maximum absolute atomic E-state index is 14.0. The molecular weight excluding hydrogens is 326 g/mol. The second-order valence-corrected chi connectivity index (χ2v) is 5.27. The molecule has 130 valence electrons. The van der Waals surface area contributed by atoms with E-state index >= 15 is 0 Å². The van der Waals surface area contributed by atoms with Crippen LogP contribution in [-0.2, 0) is 9.59 Å². The number of halogens is 2. The number of furan rings is 1. The lowest BCUT2D eigenvalue weighted by molar-refractivity contribution is -0.159. The lowest BCUT2D eigenvalue weighted by atomic mass is 10.1. The van der Waals surface area contributed by atoms with Gasteiger partial charge in [-0.2, -0.15) is 0 Å². The Morgan fingerprint density at radius 1 is 1.33 bits per heavy atom. The van der Waals surface area contributed by atoms with E-state index in [4.69, 9.17) is 24.2 Å². The number of carbonyl (C=O) groups is 2. The first-order chi connectivity index (χ1) is 11.3. The van der Waals surface area contributed by atoms with E-state index in [-0.39, 0.29) is 11.7 Å². The minimum absolute atomic E-state index is 0.239. The first-order valence-corrected chi connectivity index (χ1v) is 7.11. The summed E-state index contributed by atoms with van der Waals surface area (Å²) in [5, 5.41) is 18.6. The Balaban J connectivity index is 0.000000301. The van der Waals surface area contributed by atoms with Gasteiger partial charge in [0.25, 0.3) is 0 Å². The standard InChI is InChI=1S/C13H14F2N2O.C2H2O4/c1-8-7-17(4-3-16-8)12-11(15)10(14)6-9-2-5-18-13(9)12;3-1(4)2(5)6/h2,5-6,8,16H,3-4,7H2,1H3;(H,3,4)(H,5,6)/t8-;/m0./s1. The molecule has 0 radical (unpaired) electrons. The van der Waals surface area contributed by atoms with E-state index in [1.807, 2.05) is 11.8 Å². The van der Waals surface area contributed by atoms with Crippen LogP contribution >= 0.6 is 0 Å². The van der Waals surface area contributed by atoms with E-state index < -0.39 is 23.6 Å². The predicted octanol–water partition coefficient (Wildman–Crippen LogP) is 1.66. The highest BCUT2D eigenvalue weighted by Crippen LogP contribution is 2.33. The number of nitrogens with one attached hydrogen (secondary N) is 1. The zero-order chi connectivity index (χ0) is 17.9. The topological polar surface area (TPSA) is 103 Å². The zero-order valence-electron chi connectivity index (χ0n) is 12.8. The second-order valence-electron chi connectivity index (χ2n) is 5.27. The molecule has 1 aliphatic heterocycles. The van der Waals surface area contributed by atoms with E-state index in [1.165, 1.54) is 12.3 Å². The zero-order valence-corrected chi connectivity index (χ0v) is 12.8. The fourth-order valence-electron chi connectivity index (χ4n) is 2.46. The molecule has 0 aliphatic carbocycles. The van der Waals surface area contributed by atoms with Crippen molar-refractivity contribution in [3.63, 3.8) is 0 Å². The SMILES string of the molecule is C[C@H]1CN(c2c(F)c(F)cc3ccoc23)CCN1.O=C(O)C(=O)O. The molecule has 3 N–H and O–H groups in total. The molecule has 1 aromatic heterocycles. The fraction of sp³-hybridized carbons (Fsp3) is 0.333. The fourth-order valence-corrected chi connectivity index (χ4v) is 2.46. The Kier molecular flexibility index (Phi) is 5.35. The molecule has 0 amide bonds. The van der Waals surface area contributed by atoms with Gasteiger partial charge in [0, 0.05) is 31.1 Å². The van der Waals surface area contributed by atoms with Crippen molar-refractivity contribution in [1.82, 2.24) is 5.32 Å². The van der Waals surface area contributed by atoms with Crippen LogP contribution in [0.15, 0.2) is 22.8 Å². The molecule has 2 heterocycles. The van der Waals surface area contributed by atoms with Crippen molar-refractivity contribution in [3.8, 4) is 0 Å². The number of fused-ring (bicyclic) bond motifs is 1. The highest BCUT2D eigenvalue weighted by atomic mass is 19.2. The van der Waals surface area contributed by atoms with Crippen molar-refractivity contribution in [1.29, 1.82) is 0 Å². The van der Waals surface area contributed by atoms with Gasteiger partial charge in [-0.15, -0.1) is 0 Å². The van der Waals surface area contributed by atoms with Crippen molar-refractivity contribution in [3.05, 3.63) is 30.0 Å². The van der Waals surface area contributed by atoms with Crippen molar-refractivity contribution in [2.24, 2.45) is 0 Å². The van der Waals surface area contributed by atoms with Crippen LogP contribution in [0.25, 0.3) is 11.0 Å². The minimum atomic E-state index is -1.82. The molecule has 2 aromatic rings. The third-order valence-electron chi connectivity index (χ3n) is 3.48. The van der Waals surface area contributed by atoms with Gasteiger partial charge in [0.05, 0.1) is 6.26 Å². The summed E-state index contributed by atoms with van der Waals surface area (Å²) in [6, 6.07) is 3.06. The summed E-state index contributed by atoms with van der Waals surface area (Å²) in [6.07, 6.45) is 1.46. The molecule has 1 aliphatic rings. The summed E-state index contributed by atoms with van der Waals surface area (Å²) in [5.74, 6) is -5.30. The highest BCUT2D eigenvalue weighted by molar-refractivity contribution is 6.27. The van der Waals surface area contributed by atoms with Gasteiger partial charge in [-0.3, -0.25) is 0 Å². The predicted molar refractivity (Wildman–Crippen MR) is 81.1 cm³/mol. The quantitative estimate of drug-likeness (QED) is 0.677. The van der Waals surface area contributed by atoms with Crippen LogP contribution in [-0.4, -0.2) is 47.8 Å². The number of piperazine rings is 1. The van der Waals surface area contributed by atoms with Crippen molar-refractivity contribution < 1.29 is 33.0 Å².